The smallest absolute Gasteiger partial charge is 0.335 e. The lowest BCUT2D eigenvalue weighted by atomic mass is 10.1. The Kier molecular flexibility index (Phi) is 7.78. The number of nitriles is 1. The van der Waals surface area contributed by atoms with E-state index in [0.717, 1.165) is 0 Å². The van der Waals surface area contributed by atoms with Gasteiger partial charge in [-0.05, 0) is 47.1 Å². The molecular weight excluding hydrogens is 508 g/mol. The predicted molar refractivity (Wildman–Crippen MR) is 125 cm³/mol. The maximum atomic E-state index is 12.7. The van der Waals surface area contributed by atoms with E-state index in [1.165, 1.54) is 30.0 Å². The van der Waals surface area contributed by atoms with E-state index >= 15 is 0 Å². The average molecular weight is 527 g/mol. The Hall–Kier alpha value is -4.01. The Morgan fingerprint density at radius 1 is 1.35 bits per heavy atom. The normalized spacial score (nSPS) is 10.9. The van der Waals surface area contributed by atoms with Gasteiger partial charge in [-0.1, -0.05) is 12.1 Å². The number of aromatic nitrogens is 1. The molecule has 0 aliphatic heterocycles. The molecule has 0 fully saturated rings. The Labute approximate surface area is 202 Å². The lowest BCUT2D eigenvalue weighted by Crippen LogP contribution is -2.33. The highest BCUT2D eigenvalue weighted by Crippen LogP contribution is 2.24. The molecule has 174 valence electrons. The minimum Gasteiger partial charge on any atom is -0.478 e. The molecule has 1 aromatic carbocycles. The number of carbonyl (C=O) groups is 2. The molecule has 0 atom stereocenters. The summed E-state index contributed by atoms with van der Waals surface area (Å²) in [5.74, 6) is -0.877. The molecule has 1 amide bonds. The summed E-state index contributed by atoms with van der Waals surface area (Å²) in [6, 6.07) is 11.4. The van der Waals surface area contributed by atoms with Gasteiger partial charge in [-0.15, -0.1) is 0 Å². The van der Waals surface area contributed by atoms with Gasteiger partial charge in [0.1, 0.15) is 29.7 Å². The average Bonchev–Trinajstić information content (AvgIpc) is 3.29. The van der Waals surface area contributed by atoms with E-state index in [9.17, 15) is 19.6 Å². The maximum absolute atomic E-state index is 12.7. The van der Waals surface area contributed by atoms with Gasteiger partial charge in [0, 0.05) is 28.4 Å². The van der Waals surface area contributed by atoms with E-state index in [-0.39, 0.29) is 24.3 Å². The number of nitrogens with zero attached hydrogens (tertiary/aromatic N) is 3. The summed E-state index contributed by atoms with van der Waals surface area (Å²) in [7, 11) is 1.45. The number of aromatic carboxylic acids is 1. The third kappa shape index (κ3) is 5.31. The number of hydrogen-bond donors (Lipinski definition) is 2. The second-order valence-corrected chi connectivity index (χ2v) is 7.86. The quantitative estimate of drug-likeness (QED) is 0.338. The van der Waals surface area contributed by atoms with Crippen molar-refractivity contribution in [2.75, 3.05) is 7.11 Å². The van der Waals surface area contributed by atoms with E-state index in [0.29, 0.717) is 32.8 Å². The van der Waals surface area contributed by atoms with Crippen LogP contribution in [0.15, 0.2) is 55.2 Å². The molecule has 3 rings (SSSR count). The van der Waals surface area contributed by atoms with Crippen molar-refractivity contribution in [3.05, 3.63) is 79.4 Å². The molecule has 3 aromatic rings. The number of carboxylic acid groups (broad SMARTS) is 1. The van der Waals surface area contributed by atoms with E-state index < -0.39 is 17.4 Å². The summed E-state index contributed by atoms with van der Waals surface area (Å²) < 4.78 is 12.4. The Balaban J connectivity index is 1.72. The fourth-order valence-electron chi connectivity index (χ4n) is 3.18. The number of nitrogens with one attached hydrogen (secondary N) is 1. The number of carbonyl (C=O) groups excluding carboxylic acids is 1. The zero-order chi connectivity index (χ0) is 24.8. The number of methoxy groups -OCH3 is 1. The van der Waals surface area contributed by atoms with Crippen LogP contribution in [0.1, 0.15) is 32.9 Å². The summed E-state index contributed by atoms with van der Waals surface area (Å²) in [6.45, 7) is 1.36. The zero-order valence-corrected chi connectivity index (χ0v) is 19.7. The van der Waals surface area contributed by atoms with Gasteiger partial charge in [0.05, 0.1) is 18.4 Å². The number of hydrazone groups is 1. The number of furan rings is 1. The monoisotopic (exact) mass is 526 g/mol. The predicted octanol–water partition coefficient (Wildman–Crippen LogP) is 3.05. The lowest BCUT2D eigenvalue weighted by molar-refractivity contribution is -0.121. The van der Waals surface area contributed by atoms with Crippen LogP contribution in [0.4, 0.5) is 0 Å². The molecule has 11 heteroatoms. The van der Waals surface area contributed by atoms with Crippen LogP contribution in [0.25, 0.3) is 11.3 Å². The molecular formula is C23H19BrN4O6. The van der Waals surface area contributed by atoms with Crippen LogP contribution in [-0.4, -0.2) is 34.9 Å². The molecule has 0 bridgehead atoms. The number of benzene rings is 1. The molecule has 0 radical (unpaired) electrons. The summed E-state index contributed by atoms with van der Waals surface area (Å²) in [5, 5.41) is 22.3. The molecule has 0 saturated carbocycles. The highest BCUT2D eigenvalue weighted by atomic mass is 79.9. The van der Waals surface area contributed by atoms with Crippen LogP contribution in [0.5, 0.6) is 0 Å². The minimum atomic E-state index is -1.05. The van der Waals surface area contributed by atoms with Gasteiger partial charge in [-0.2, -0.15) is 10.4 Å². The van der Waals surface area contributed by atoms with Crippen molar-refractivity contribution in [2.45, 2.75) is 20.1 Å². The summed E-state index contributed by atoms with van der Waals surface area (Å²) >= 11 is 3.37. The first kappa shape index (κ1) is 24.6. The third-order valence-electron chi connectivity index (χ3n) is 4.85. The van der Waals surface area contributed by atoms with Crippen molar-refractivity contribution in [3.63, 3.8) is 0 Å². The summed E-state index contributed by atoms with van der Waals surface area (Å²) in [5.41, 5.74) is 3.20. The van der Waals surface area contributed by atoms with Crippen molar-refractivity contribution in [1.29, 1.82) is 5.26 Å². The number of carboxylic acids is 1. The first-order valence-electron chi connectivity index (χ1n) is 9.83. The van der Waals surface area contributed by atoms with Crippen LogP contribution in [0, 0.1) is 18.3 Å². The molecule has 0 spiro atoms. The second kappa shape index (κ2) is 10.7. The fourth-order valence-corrected chi connectivity index (χ4v) is 3.70. The van der Waals surface area contributed by atoms with Gasteiger partial charge in [0.2, 0.25) is 0 Å². The maximum Gasteiger partial charge on any atom is 0.335 e. The zero-order valence-electron chi connectivity index (χ0n) is 18.2. The topological polar surface area (TPSA) is 147 Å². The van der Waals surface area contributed by atoms with Gasteiger partial charge in [0.15, 0.2) is 0 Å². The van der Waals surface area contributed by atoms with Crippen LogP contribution in [-0.2, 0) is 22.7 Å². The number of rotatable bonds is 8. The van der Waals surface area contributed by atoms with Crippen molar-refractivity contribution in [1.82, 2.24) is 9.99 Å². The van der Waals surface area contributed by atoms with E-state index in [4.69, 9.17) is 14.3 Å². The number of ether oxygens (including phenoxy) is 1. The second-order valence-electron chi connectivity index (χ2n) is 7.07. The standard InChI is InChI=1S/C23H19BrN4O6/c1-13-21(24)18(12-33-2)17(9-25)22(30)28(13)11-20(29)27-26-10-16-6-7-19(34-16)14-4-3-5-15(8-14)23(31)32/h3-8,10H,11-12H2,1-2H3,(H,27,29)(H,31,32)/b26-10+. The third-order valence-corrected chi connectivity index (χ3v) is 5.90. The molecule has 0 aliphatic rings. The van der Waals surface area contributed by atoms with Gasteiger partial charge in [-0.3, -0.25) is 9.59 Å². The van der Waals surface area contributed by atoms with Crippen molar-refractivity contribution < 1.29 is 23.8 Å². The number of amides is 1. The molecule has 2 aromatic heterocycles. The van der Waals surface area contributed by atoms with Crippen LogP contribution in [0.2, 0.25) is 0 Å². The molecule has 10 nitrogen and oxygen atoms in total. The number of halogens is 1. The summed E-state index contributed by atoms with van der Waals surface area (Å²) in [4.78, 5) is 36.2. The molecule has 0 aliphatic carbocycles. The molecule has 0 unspecified atom stereocenters. The van der Waals surface area contributed by atoms with Crippen molar-refractivity contribution in [2.24, 2.45) is 5.10 Å². The van der Waals surface area contributed by atoms with Gasteiger partial charge in [0.25, 0.3) is 11.5 Å². The van der Waals surface area contributed by atoms with E-state index in [1.54, 1.807) is 31.2 Å². The van der Waals surface area contributed by atoms with E-state index in [1.807, 2.05) is 6.07 Å². The van der Waals surface area contributed by atoms with Gasteiger partial charge >= 0.3 is 5.97 Å². The summed E-state index contributed by atoms with van der Waals surface area (Å²) in [6.07, 6.45) is 1.27. The molecule has 34 heavy (non-hydrogen) atoms. The first-order chi connectivity index (χ1) is 16.3. The Morgan fingerprint density at radius 2 is 2.12 bits per heavy atom. The SMILES string of the molecule is COCc1c(Br)c(C)n(CC(=O)N/N=C/c2ccc(-c3cccc(C(=O)O)c3)o2)c(=O)c1C#N. The Bertz CT molecular complexity index is 1380. The first-order valence-corrected chi connectivity index (χ1v) is 10.6. The van der Waals surface area contributed by atoms with Crippen LogP contribution >= 0.6 is 15.9 Å². The van der Waals surface area contributed by atoms with E-state index in [2.05, 4.69) is 26.5 Å². The van der Waals surface area contributed by atoms with Crippen molar-refractivity contribution in [3.8, 4) is 17.4 Å². The van der Waals surface area contributed by atoms with Crippen LogP contribution in [0.3, 0.4) is 0 Å². The van der Waals surface area contributed by atoms with Crippen LogP contribution < -0.4 is 11.0 Å². The molecule has 2 N–H and O–H groups in total. The minimum absolute atomic E-state index is 0.0720. The van der Waals surface area contributed by atoms with Gasteiger partial charge in [-0.25, -0.2) is 10.2 Å². The lowest BCUT2D eigenvalue weighted by Gasteiger charge is -2.15. The largest absolute Gasteiger partial charge is 0.478 e. The van der Waals surface area contributed by atoms with Gasteiger partial charge < -0.3 is 18.8 Å². The van der Waals surface area contributed by atoms with Crippen molar-refractivity contribution >= 4 is 34.0 Å². The molecule has 2 heterocycles. The number of pyridine rings is 1. The Morgan fingerprint density at radius 3 is 2.79 bits per heavy atom. The highest BCUT2D eigenvalue weighted by molar-refractivity contribution is 9.10. The highest BCUT2D eigenvalue weighted by Gasteiger charge is 2.19. The fraction of sp³-hybridized carbons (Fsp3) is 0.174. The molecule has 0 saturated heterocycles. The number of hydrogen-bond acceptors (Lipinski definition) is 7.